The van der Waals surface area contributed by atoms with Gasteiger partial charge in [-0.15, -0.1) is 0 Å². The van der Waals surface area contributed by atoms with Gasteiger partial charge in [-0.25, -0.2) is 0 Å². The molecule has 19 heavy (non-hydrogen) atoms. The summed E-state index contributed by atoms with van der Waals surface area (Å²) in [4.78, 5) is 2.56. The van der Waals surface area contributed by atoms with E-state index in [-0.39, 0.29) is 6.10 Å². The van der Waals surface area contributed by atoms with Gasteiger partial charge in [-0.3, -0.25) is 0 Å². The van der Waals surface area contributed by atoms with Gasteiger partial charge >= 0.3 is 0 Å². The smallest absolute Gasteiger partial charge is 0.0802 e. The van der Waals surface area contributed by atoms with E-state index in [2.05, 4.69) is 24.0 Å². The summed E-state index contributed by atoms with van der Waals surface area (Å²) in [6.07, 6.45) is 4.86. The summed E-state index contributed by atoms with van der Waals surface area (Å²) in [7, 11) is 0. The molecule has 3 atom stereocenters. The largest absolute Gasteiger partial charge is 0.388 e. The van der Waals surface area contributed by atoms with E-state index in [4.69, 9.17) is 0 Å². The molecular formula is C17H25NO. The van der Waals surface area contributed by atoms with E-state index < -0.39 is 0 Å². The summed E-state index contributed by atoms with van der Waals surface area (Å²) >= 11 is 0. The lowest BCUT2D eigenvalue weighted by Gasteiger charge is -2.19. The summed E-state index contributed by atoms with van der Waals surface area (Å²) < 4.78 is 0. The van der Waals surface area contributed by atoms with Crippen molar-refractivity contribution in [1.82, 2.24) is 4.90 Å². The van der Waals surface area contributed by atoms with Crippen molar-refractivity contribution in [1.29, 1.82) is 0 Å². The lowest BCUT2D eigenvalue weighted by molar-refractivity contribution is 0.146. The number of hydrogen-bond donors (Lipinski definition) is 1. The summed E-state index contributed by atoms with van der Waals surface area (Å²) in [6, 6.07) is 8.26. The summed E-state index contributed by atoms with van der Waals surface area (Å²) in [5.74, 6) is 1.91. The fraction of sp³-hybridized carbons (Fsp3) is 0.647. The van der Waals surface area contributed by atoms with Crippen molar-refractivity contribution < 1.29 is 5.11 Å². The van der Waals surface area contributed by atoms with Gasteiger partial charge in [-0.2, -0.15) is 0 Å². The Labute approximate surface area is 116 Å². The minimum Gasteiger partial charge on any atom is -0.388 e. The topological polar surface area (TPSA) is 23.5 Å². The van der Waals surface area contributed by atoms with E-state index in [1.54, 1.807) is 0 Å². The first-order valence-electron chi connectivity index (χ1n) is 7.69. The van der Waals surface area contributed by atoms with Crippen LogP contribution in [0.5, 0.6) is 0 Å². The average Bonchev–Trinajstić information content (AvgIpc) is 2.96. The van der Waals surface area contributed by atoms with Crippen molar-refractivity contribution >= 4 is 0 Å². The zero-order valence-corrected chi connectivity index (χ0v) is 11.9. The second kappa shape index (κ2) is 5.64. The quantitative estimate of drug-likeness (QED) is 0.898. The molecule has 1 N–H and O–H groups in total. The van der Waals surface area contributed by atoms with Crippen LogP contribution in [0.15, 0.2) is 24.3 Å². The van der Waals surface area contributed by atoms with Crippen LogP contribution in [0.4, 0.5) is 0 Å². The highest BCUT2D eigenvalue weighted by atomic mass is 16.3. The molecule has 0 radical (unpaired) electrons. The molecule has 0 aromatic heterocycles. The average molecular weight is 259 g/mol. The SMILES string of the molecule is Cc1cccc(C(O)CCN2CC3CCCC3C2)c1. The van der Waals surface area contributed by atoms with E-state index in [0.29, 0.717) is 0 Å². The molecule has 1 aliphatic carbocycles. The maximum absolute atomic E-state index is 10.3. The van der Waals surface area contributed by atoms with Gasteiger partial charge in [0.25, 0.3) is 0 Å². The molecule has 1 saturated heterocycles. The number of nitrogens with zero attached hydrogens (tertiary/aromatic N) is 1. The lowest BCUT2D eigenvalue weighted by atomic mass is 10.0. The molecular weight excluding hydrogens is 234 g/mol. The maximum Gasteiger partial charge on any atom is 0.0802 e. The van der Waals surface area contributed by atoms with Crippen LogP contribution in [-0.4, -0.2) is 29.6 Å². The fourth-order valence-electron chi connectivity index (χ4n) is 3.86. The van der Waals surface area contributed by atoms with E-state index in [1.807, 2.05) is 12.1 Å². The molecule has 0 amide bonds. The Morgan fingerprint density at radius 1 is 1.26 bits per heavy atom. The van der Waals surface area contributed by atoms with Crippen molar-refractivity contribution in [3.05, 3.63) is 35.4 Å². The predicted molar refractivity (Wildman–Crippen MR) is 78.0 cm³/mol. The zero-order valence-electron chi connectivity index (χ0n) is 11.9. The van der Waals surface area contributed by atoms with Gasteiger partial charge in [0.1, 0.15) is 0 Å². The van der Waals surface area contributed by atoms with Crippen LogP contribution in [0.2, 0.25) is 0 Å². The number of fused-ring (bicyclic) bond motifs is 1. The van der Waals surface area contributed by atoms with Gasteiger partial charge in [0.05, 0.1) is 6.10 Å². The lowest BCUT2D eigenvalue weighted by Crippen LogP contribution is -2.24. The molecule has 104 valence electrons. The first-order chi connectivity index (χ1) is 9.22. The van der Waals surface area contributed by atoms with Crippen LogP contribution in [0.1, 0.15) is 42.9 Å². The predicted octanol–water partition coefficient (Wildman–Crippen LogP) is 3.15. The molecule has 0 spiro atoms. The van der Waals surface area contributed by atoms with Gasteiger partial charge in [0.2, 0.25) is 0 Å². The standard InChI is InChI=1S/C17H25NO/c1-13-4-2-5-14(10-13)17(19)8-9-18-11-15-6-3-7-16(15)12-18/h2,4-5,10,15-17,19H,3,6-9,11-12H2,1H3. The Balaban J connectivity index is 1.50. The summed E-state index contributed by atoms with van der Waals surface area (Å²) in [6.45, 7) is 5.66. The van der Waals surface area contributed by atoms with Gasteiger partial charge in [0, 0.05) is 19.6 Å². The molecule has 1 aliphatic heterocycles. The first-order valence-corrected chi connectivity index (χ1v) is 7.69. The molecule has 1 aromatic carbocycles. The number of hydrogen-bond acceptors (Lipinski definition) is 2. The van der Waals surface area contributed by atoms with Gasteiger partial charge < -0.3 is 10.0 Å². The molecule has 1 heterocycles. The van der Waals surface area contributed by atoms with Gasteiger partial charge in [-0.05, 0) is 43.6 Å². The van der Waals surface area contributed by atoms with Crippen LogP contribution in [-0.2, 0) is 0 Å². The normalized spacial score (nSPS) is 28.5. The third-order valence-corrected chi connectivity index (χ3v) is 4.95. The van der Waals surface area contributed by atoms with Gasteiger partial charge in [-0.1, -0.05) is 36.2 Å². The Hall–Kier alpha value is -0.860. The highest BCUT2D eigenvalue weighted by Gasteiger charge is 2.35. The Kier molecular flexibility index (Phi) is 3.90. The van der Waals surface area contributed by atoms with Crippen molar-refractivity contribution in [2.45, 2.75) is 38.7 Å². The number of likely N-dealkylation sites (tertiary alicyclic amines) is 1. The zero-order chi connectivity index (χ0) is 13.2. The molecule has 1 saturated carbocycles. The summed E-state index contributed by atoms with van der Waals surface area (Å²) in [5.41, 5.74) is 2.30. The highest BCUT2D eigenvalue weighted by Crippen LogP contribution is 2.37. The number of rotatable bonds is 4. The van der Waals surface area contributed by atoms with E-state index in [9.17, 15) is 5.11 Å². The molecule has 3 unspecified atom stereocenters. The Morgan fingerprint density at radius 3 is 2.68 bits per heavy atom. The summed E-state index contributed by atoms with van der Waals surface area (Å²) in [5, 5.41) is 10.3. The fourth-order valence-corrected chi connectivity index (χ4v) is 3.86. The molecule has 2 heteroatoms. The molecule has 2 aliphatic rings. The monoisotopic (exact) mass is 259 g/mol. The van der Waals surface area contributed by atoms with Crippen LogP contribution < -0.4 is 0 Å². The minimum atomic E-state index is -0.305. The third kappa shape index (κ3) is 3.01. The van der Waals surface area contributed by atoms with Crippen LogP contribution in [0.3, 0.4) is 0 Å². The highest BCUT2D eigenvalue weighted by molar-refractivity contribution is 5.23. The van der Waals surface area contributed by atoms with Crippen molar-refractivity contribution in [2.75, 3.05) is 19.6 Å². The van der Waals surface area contributed by atoms with Crippen molar-refractivity contribution in [3.63, 3.8) is 0 Å². The second-order valence-corrected chi connectivity index (χ2v) is 6.43. The molecule has 0 bridgehead atoms. The van der Waals surface area contributed by atoms with Crippen LogP contribution in [0, 0.1) is 18.8 Å². The number of aliphatic hydroxyl groups is 1. The van der Waals surface area contributed by atoms with E-state index in [0.717, 1.165) is 30.4 Å². The molecule has 3 rings (SSSR count). The number of benzene rings is 1. The third-order valence-electron chi connectivity index (χ3n) is 4.95. The Morgan fingerprint density at radius 2 is 2.00 bits per heavy atom. The minimum absolute atomic E-state index is 0.305. The van der Waals surface area contributed by atoms with E-state index in [1.165, 1.54) is 37.9 Å². The molecule has 2 nitrogen and oxygen atoms in total. The second-order valence-electron chi connectivity index (χ2n) is 6.43. The van der Waals surface area contributed by atoms with Crippen LogP contribution in [0.25, 0.3) is 0 Å². The van der Waals surface area contributed by atoms with Crippen LogP contribution >= 0.6 is 0 Å². The molecule has 2 fully saturated rings. The van der Waals surface area contributed by atoms with Crippen molar-refractivity contribution in [2.24, 2.45) is 11.8 Å². The number of aryl methyl sites for hydroxylation is 1. The molecule has 1 aromatic rings. The van der Waals surface area contributed by atoms with Crippen molar-refractivity contribution in [3.8, 4) is 0 Å². The van der Waals surface area contributed by atoms with E-state index >= 15 is 0 Å². The maximum atomic E-state index is 10.3. The Bertz CT molecular complexity index is 419. The number of aliphatic hydroxyl groups excluding tert-OH is 1. The van der Waals surface area contributed by atoms with Gasteiger partial charge in [0.15, 0.2) is 0 Å². The first kappa shape index (κ1) is 13.1.